The van der Waals surface area contributed by atoms with E-state index in [0.717, 1.165) is 40.7 Å². The maximum Gasteiger partial charge on any atom is 0.260 e. The Kier molecular flexibility index (Phi) is 6.41. The number of ether oxygens (including phenoxy) is 3. The first-order chi connectivity index (χ1) is 15.0. The monoisotopic (exact) mass is 486 g/mol. The molecular weight excluding hydrogens is 460 g/mol. The van der Waals surface area contributed by atoms with Gasteiger partial charge in [0.1, 0.15) is 5.75 Å². The summed E-state index contributed by atoms with van der Waals surface area (Å²) in [6.45, 7) is 2.69. The van der Waals surface area contributed by atoms with Gasteiger partial charge in [0.2, 0.25) is 0 Å². The zero-order valence-electron chi connectivity index (χ0n) is 18.0. The second-order valence-electron chi connectivity index (χ2n) is 7.74. The van der Waals surface area contributed by atoms with Gasteiger partial charge in [0.05, 0.1) is 38.1 Å². The van der Waals surface area contributed by atoms with Crippen LogP contribution in [0.5, 0.6) is 17.2 Å². The number of anilines is 1. The second kappa shape index (κ2) is 9.22. The number of amides is 1. The van der Waals surface area contributed by atoms with E-state index in [2.05, 4.69) is 28.2 Å². The second-order valence-corrected chi connectivity index (χ2v) is 8.53. The summed E-state index contributed by atoms with van der Waals surface area (Å²) >= 11 is 3.42. The van der Waals surface area contributed by atoms with E-state index in [4.69, 9.17) is 14.2 Å². The van der Waals surface area contributed by atoms with Crippen LogP contribution in [0.3, 0.4) is 0 Å². The summed E-state index contributed by atoms with van der Waals surface area (Å²) in [5.74, 6) is 1.99. The van der Waals surface area contributed by atoms with Gasteiger partial charge in [0.15, 0.2) is 11.5 Å². The van der Waals surface area contributed by atoms with Crippen LogP contribution in [-0.4, -0.2) is 49.0 Å². The van der Waals surface area contributed by atoms with E-state index in [0.29, 0.717) is 23.7 Å². The highest BCUT2D eigenvalue weighted by molar-refractivity contribution is 9.09. The molecule has 1 amide bonds. The number of hydrogen-bond acceptors (Lipinski definition) is 5. The number of alkyl halides is 1. The molecule has 0 aliphatic carbocycles. The third-order valence-electron chi connectivity index (χ3n) is 5.81. The van der Waals surface area contributed by atoms with E-state index in [-0.39, 0.29) is 18.0 Å². The molecule has 2 atom stereocenters. The molecule has 2 aliphatic rings. The maximum absolute atomic E-state index is 13.5. The quantitative estimate of drug-likeness (QED) is 0.443. The van der Waals surface area contributed by atoms with Gasteiger partial charge in [0.25, 0.3) is 5.91 Å². The standard InChI is InChI=1S/C24H27BrN2O4/c1-15-21-11-17(16-5-7-18(29-2)8-6-16)14-27(21)24(28)19-12-22(30-3)23(13-20(19)26-15)31-10-4-9-25/h5-8,12-15,21,26H,4,9-11H2,1-3H3. The molecule has 31 heavy (non-hydrogen) atoms. The molecule has 2 unspecified atom stereocenters. The Bertz CT molecular complexity index is 990. The van der Waals surface area contributed by atoms with E-state index in [1.165, 1.54) is 0 Å². The lowest BCUT2D eigenvalue weighted by Crippen LogP contribution is -2.40. The Hall–Kier alpha value is -2.67. The predicted octanol–water partition coefficient (Wildman–Crippen LogP) is 4.94. The zero-order valence-corrected chi connectivity index (χ0v) is 19.6. The maximum atomic E-state index is 13.5. The van der Waals surface area contributed by atoms with Gasteiger partial charge in [0, 0.05) is 23.6 Å². The molecule has 2 aliphatic heterocycles. The van der Waals surface area contributed by atoms with Crippen molar-refractivity contribution in [3.63, 3.8) is 0 Å². The van der Waals surface area contributed by atoms with Crippen LogP contribution in [0.2, 0.25) is 0 Å². The molecule has 0 bridgehead atoms. The van der Waals surface area contributed by atoms with Gasteiger partial charge in [-0.05, 0) is 49.1 Å². The average Bonchev–Trinajstić information content (AvgIpc) is 3.21. The number of nitrogens with zero attached hydrogens (tertiary/aromatic N) is 1. The van der Waals surface area contributed by atoms with Crippen molar-refractivity contribution in [1.29, 1.82) is 0 Å². The molecule has 0 radical (unpaired) electrons. The molecule has 4 rings (SSSR count). The summed E-state index contributed by atoms with van der Waals surface area (Å²) in [7, 11) is 3.25. The summed E-state index contributed by atoms with van der Waals surface area (Å²) in [4.78, 5) is 15.4. The van der Waals surface area contributed by atoms with Crippen molar-refractivity contribution in [2.75, 3.05) is 31.5 Å². The number of benzene rings is 2. The van der Waals surface area contributed by atoms with Gasteiger partial charge >= 0.3 is 0 Å². The summed E-state index contributed by atoms with van der Waals surface area (Å²) in [5, 5.41) is 4.40. The van der Waals surface area contributed by atoms with E-state index in [9.17, 15) is 4.79 Å². The number of fused-ring (bicyclic) bond motifs is 2. The van der Waals surface area contributed by atoms with Crippen LogP contribution in [0.15, 0.2) is 42.6 Å². The fourth-order valence-electron chi connectivity index (χ4n) is 4.11. The van der Waals surface area contributed by atoms with Gasteiger partial charge in [-0.15, -0.1) is 0 Å². The minimum atomic E-state index is -0.0364. The minimum Gasteiger partial charge on any atom is -0.497 e. The summed E-state index contributed by atoms with van der Waals surface area (Å²) < 4.78 is 16.7. The molecule has 0 saturated heterocycles. The Labute approximate surface area is 191 Å². The summed E-state index contributed by atoms with van der Waals surface area (Å²) in [6.07, 6.45) is 3.65. The van der Waals surface area contributed by atoms with Crippen molar-refractivity contribution in [2.24, 2.45) is 0 Å². The van der Waals surface area contributed by atoms with Crippen molar-refractivity contribution in [2.45, 2.75) is 31.8 Å². The van der Waals surface area contributed by atoms with Crippen molar-refractivity contribution in [3.8, 4) is 17.2 Å². The molecule has 6 nitrogen and oxygen atoms in total. The first-order valence-corrected chi connectivity index (χ1v) is 11.5. The number of carbonyl (C=O) groups excluding carboxylic acids is 1. The molecule has 0 spiro atoms. The van der Waals surface area contributed by atoms with Crippen LogP contribution in [0.1, 0.15) is 35.7 Å². The molecule has 0 saturated carbocycles. The number of rotatable bonds is 7. The largest absolute Gasteiger partial charge is 0.497 e. The molecule has 0 fully saturated rings. The molecule has 1 N–H and O–H groups in total. The van der Waals surface area contributed by atoms with Crippen LogP contribution in [-0.2, 0) is 0 Å². The Balaban J connectivity index is 1.66. The fraction of sp³-hybridized carbons (Fsp3) is 0.375. The molecule has 2 aromatic rings. The molecule has 0 aromatic heterocycles. The number of halogens is 1. The highest BCUT2D eigenvalue weighted by Gasteiger charge is 2.38. The van der Waals surface area contributed by atoms with Crippen molar-refractivity contribution in [3.05, 3.63) is 53.7 Å². The van der Waals surface area contributed by atoms with Gasteiger partial charge in [-0.2, -0.15) is 0 Å². The van der Waals surface area contributed by atoms with Gasteiger partial charge in [-0.3, -0.25) is 4.79 Å². The number of methoxy groups -OCH3 is 2. The van der Waals surface area contributed by atoms with E-state index < -0.39 is 0 Å². The number of nitrogens with one attached hydrogen (secondary N) is 1. The smallest absolute Gasteiger partial charge is 0.260 e. The van der Waals surface area contributed by atoms with Crippen molar-refractivity contribution in [1.82, 2.24) is 4.90 Å². The fourth-order valence-corrected chi connectivity index (χ4v) is 4.34. The normalized spacial score (nSPS) is 19.7. The Morgan fingerprint density at radius 1 is 1.13 bits per heavy atom. The van der Waals surface area contributed by atoms with Crippen LogP contribution < -0.4 is 19.5 Å². The third-order valence-corrected chi connectivity index (χ3v) is 6.37. The number of hydrogen-bond donors (Lipinski definition) is 1. The minimum absolute atomic E-state index is 0.0285. The van der Waals surface area contributed by atoms with Gasteiger partial charge in [-0.25, -0.2) is 0 Å². The predicted molar refractivity (Wildman–Crippen MR) is 126 cm³/mol. The molecule has 2 heterocycles. The van der Waals surface area contributed by atoms with E-state index in [1.807, 2.05) is 41.4 Å². The van der Waals surface area contributed by atoms with Crippen LogP contribution in [0, 0.1) is 0 Å². The van der Waals surface area contributed by atoms with Crippen molar-refractivity contribution >= 4 is 33.1 Å². The SMILES string of the molecule is COc1ccc(C2=CN3C(=O)c4cc(OC)c(OCCCBr)cc4NC(C)C3C2)cc1. The van der Waals surface area contributed by atoms with E-state index >= 15 is 0 Å². The first-order valence-electron chi connectivity index (χ1n) is 10.4. The lowest BCUT2D eigenvalue weighted by atomic mass is 9.99. The molecular formula is C24H27BrN2O4. The molecule has 2 aromatic carbocycles. The van der Waals surface area contributed by atoms with Crippen LogP contribution in [0.4, 0.5) is 5.69 Å². The zero-order chi connectivity index (χ0) is 22.0. The van der Waals surface area contributed by atoms with Crippen LogP contribution in [0.25, 0.3) is 5.57 Å². The van der Waals surface area contributed by atoms with Crippen LogP contribution >= 0.6 is 15.9 Å². The first kappa shape index (κ1) is 21.6. The Morgan fingerprint density at radius 3 is 2.58 bits per heavy atom. The van der Waals surface area contributed by atoms with E-state index in [1.54, 1.807) is 20.3 Å². The highest BCUT2D eigenvalue weighted by atomic mass is 79.9. The average molecular weight is 487 g/mol. The molecule has 164 valence electrons. The Morgan fingerprint density at radius 2 is 1.90 bits per heavy atom. The third kappa shape index (κ3) is 4.24. The summed E-state index contributed by atoms with van der Waals surface area (Å²) in [5.41, 5.74) is 3.61. The summed E-state index contributed by atoms with van der Waals surface area (Å²) in [6, 6.07) is 11.7. The number of carbonyl (C=O) groups is 1. The van der Waals surface area contributed by atoms with Crippen molar-refractivity contribution < 1.29 is 19.0 Å². The topological polar surface area (TPSA) is 60.0 Å². The molecule has 7 heteroatoms. The van der Waals surface area contributed by atoms with Gasteiger partial charge in [-0.1, -0.05) is 28.1 Å². The lowest BCUT2D eigenvalue weighted by Gasteiger charge is -2.26. The highest BCUT2D eigenvalue weighted by Crippen LogP contribution is 2.40. The lowest BCUT2D eigenvalue weighted by molar-refractivity contribution is 0.0783. The van der Waals surface area contributed by atoms with Gasteiger partial charge < -0.3 is 24.4 Å².